The normalized spacial score (nSPS) is 11.4. The van der Waals surface area contributed by atoms with Crippen molar-refractivity contribution in [1.29, 1.82) is 5.26 Å². The molecule has 2 aromatic rings. The number of hydrogen-bond acceptors (Lipinski definition) is 4. The summed E-state index contributed by atoms with van der Waals surface area (Å²) >= 11 is 0.988. The zero-order valence-electron chi connectivity index (χ0n) is 13.8. The Morgan fingerprint density at radius 2 is 2.12 bits per heavy atom. The predicted molar refractivity (Wildman–Crippen MR) is 106 cm³/mol. The Hall–Kier alpha value is -1.87. The van der Waals surface area contributed by atoms with E-state index in [0.717, 1.165) is 22.3 Å². The van der Waals surface area contributed by atoms with Crippen LogP contribution < -0.4 is 10.6 Å². The fourth-order valence-corrected chi connectivity index (χ4v) is 2.81. The molecule has 2 rings (SSSR count). The van der Waals surface area contributed by atoms with Gasteiger partial charge < -0.3 is 10.6 Å². The number of aromatic nitrogens is 1. The highest BCUT2D eigenvalue weighted by Crippen LogP contribution is 2.29. The Morgan fingerprint density at radius 1 is 1.35 bits per heavy atom. The quantitative estimate of drug-likeness (QED) is 0.378. The molecule has 0 unspecified atom stereocenters. The first-order valence-corrected chi connectivity index (χ1v) is 8.25. The van der Waals surface area contributed by atoms with E-state index in [1.807, 2.05) is 6.07 Å². The molecule has 1 aromatic heterocycles. The second-order valence-electron chi connectivity index (χ2n) is 5.04. The van der Waals surface area contributed by atoms with E-state index < -0.39 is 11.9 Å². The van der Waals surface area contributed by atoms with Crippen LogP contribution in [0.5, 0.6) is 0 Å². The Labute approximate surface area is 170 Å². The Morgan fingerprint density at radius 3 is 2.73 bits per heavy atom. The van der Waals surface area contributed by atoms with E-state index >= 15 is 0 Å². The molecular weight excluding hydrogens is 478 g/mol. The van der Waals surface area contributed by atoms with E-state index in [4.69, 9.17) is 5.26 Å². The van der Waals surface area contributed by atoms with Gasteiger partial charge in [-0.3, -0.25) is 4.99 Å². The molecule has 10 heteroatoms. The van der Waals surface area contributed by atoms with Crippen molar-refractivity contribution in [2.75, 3.05) is 13.6 Å². The van der Waals surface area contributed by atoms with E-state index in [9.17, 15) is 13.2 Å². The van der Waals surface area contributed by atoms with Gasteiger partial charge >= 0.3 is 6.18 Å². The van der Waals surface area contributed by atoms with Crippen molar-refractivity contribution in [2.24, 2.45) is 4.99 Å². The molecule has 0 atom stereocenters. The summed E-state index contributed by atoms with van der Waals surface area (Å²) in [7, 11) is 1.60. The maximum Gasteiger partial charge on any atom is 0.434 e. The standard InChI is InChI=1S/C16H16F3N5S.HI/c1-21-15(23-9-12-4-2-3-11(7-12)8-20)22-6-5-14-24-13(10-25-14)16(17,18)19;/h2-4,7,10H,5-6,9H2,1H3,(H2,21,22,23);1H. The molecule has 0 saturated heterocycles. The third kappa shape index (κ3) is 6.80. The summed E-state index contributed by atoms with van der Waals surface area (Å²) < 4.78 is 37.5. The lowest BCUT2D eigenvalue weighted by Crippen LogP contribution is -2.37. The number of aliphatic imine (C=N–C) groups is 1. The number of rotatable bonds is 5. The number of nitrogens with one attached hydrogen (secondary N) is 2. The molecule has 26 heavy (non-hydrogen) atoms. The van der Waals surface area contributed by atoms with E-state index in [-0.39, 0.29) is 24.0 Å². The fraction of sp³-hybridized carbons (Fsp3) is 0.312. The van der Waals surface area contributed by atoms with Crippen LogP contribution in [-0.4, -0.2) is 24.5 Å². The maximum atomic E-state index is 12.5. The van der Waals surface area contributed by atoms with E-state index in [2.05, 4.69) is 26.7 Å². The van der Waals surface area contributed by atoms with Gasteiger partial charge in [-0.25, -0.2) is 4.98 Å². The number of hydrogen-bond donors (Lipinski definition) is 2. The zero-order chi connectivity index (χ0) is 18.3. The van der Waals surface area contributed by atoms with Crippen LogP contribution in [0.25, 0.3) is 0 Å². The number of benzene rings is 1. The number of thiazole rings is 1. The van der Waals surface area contributed by atoms with Gasteiger partial charge in [-0.15, -0.1) is 35.3 Å². The Bertz CT molecular complexity index is 783. The topological polar surface area (TPSA) is 73.1 Å². The van der Waals surface area contributed by atoms with Crippen LogP contribution in [0.2, 0.25) is 0 Å². The minimum absolute atomic E-state index is 0. The lowest BCUT2D eigenvalue weighted by Gasteiger charge is -2.11. The first-order valence-electron chi connectivity index (χ1n) is 7.37. The van der Waals surface area contributed by atoms with E-state index in [0.29, 0.717) is 36.0 Å². The average Bonchev–Trinajstić information content (AvgIpc) is 3.07. The molecule has 0 aliphatic carbocycles. The summed E-state index contributed by atoms with van der Waals surface area (Å²) in [6, 6.07) is 9.25. The van der Waals surface area contributed by atoms with Crippen LogP contribution in [0.15, 0.2) is 34.6 Å². The van der Waals surface area contributed by atoms with Gasteiger partial charge in [0.1, 0.15) is 0 Å². The lowest BCUT2D eigenvalue weighted by atomic mass is 10.1. The van der Waals surface area contributed by atoms with Crippen LogP contribution in [0.3, 0.4) is 0 Å². The highest BCUT2D eigenvalue weighted by Gasteiger charge is 2.33. The summed E-state index contributed by atoms with van der Waals surface area (Å²) in [6.45, 7) is 0.882. The van der Waals surface area contributed by atoms with Crippen molar-refractivity contribution in [1.82, 2.24) is 15.6 Å². The maximum absolute atomic E-state index is 12.5. The van der Waals surface area contributed by atoms with Crippen molar-refractivity contribution in [2.45, 2.75) is 19.1 Å². The second kappa shape index (κ2) is 10.3. The molecule has 0 saturated carbocycles. The van der Waals surface area contributed by atoms with Gasteiger partial charge in [0, 0.05) is 31.9 Å². The minimum Gasteiger partial charge on any atom is -0.356 e. The molecule has 1 aromatic carbocycles. The zero-order valence-corrected chi connectivity index (χ0v) is 16.9. The van der Waals surface area contributed by atoms with Gasteiger partial charge in [0.2, 0.25) is 0 Å². The van der Waals surface area contributed by atoms with Gasteiger partial charge in [-0.1, -0.05) is 12.1 Å². The van der Waals surface area contributed by atoms with Crippen molar-refractivity contribution in [3.8, 4) is 6.07 Å². The van der Waals surface area contributed by atoms with E-state index in [1.165, 1.54) is 0 Å². The lowest BCUT2D eigenvalue weighted by molar-refractivity contribution is -0.140. The summed E-state index contributed by atoms with van der Waals surface area (Å²) in [5.41, 5.74) is 0.649. The van der Waals surface area contributed by atoms with Crippen molar-refractivity contribution in [3.05, 3.63) is 51.5 Å². The van der Waals surface area contributed by atoms with Crippen LogP contribution in [0.1, 0.15) is 21.8 Å². The van der Waals surface area contributed by atoms with E-state index in [1.54, 1.807) is 25.2 Å². The molecule has 0 bridgehead atoms. The Balaban J connectivity index is 0.00000338. The summed E-state index contributed by atoms with van der Waals surface area (Å²) in [5, 5.41) is 16.4. The Kier molecular flexibility index (Phi) is 8.80. The van der Waals surface area contributed by atoms with Crippen molar-refractivity contribution >= 4 is 41.3 Å². The molecule has 2 N–H and O–H groups in total. The van der Waals surface area contributed by atoms with Gasteiger partial charge in [-0.05, 0) is 17.7 Å². The number of halogens is 4. The molecule has 0 spiro atoms. The fourth-order valence-electron chi connectivity index (χ4n) is 2.00. The summed E-state index contributed by atoms with van der Waals surface area (Å²) in [4.78, 5) is 7.63. The molecule has 5 nitrogen and oxygen atoms in total. The highest BCUT2D eigenvalue weighted by molar-refractivity contribution is 14.0. The number of alkyl halides is 3. The monoisotopic (exact) mass is 495 g/mol. The molecule has 140 valence electrons. The first kappa shape index (κ1) is 22.2. The molecular formula is C16H17F3IN5S. The highest BCUT2D eigenvalue weighted by atomic mass is 127. The van der Waals surface area contributed by atoms with Crippen molar-refractivity contribution in [3.63, 3.8) is 0 Å². The summed E-state index contributed by atoms with van der Waals surface area (Å²) in [6.07, 6.45) is -4.04. The third-order valence-corrected chi connectivity index (χ3v) is 4.12. The van der Waals surface area contributed by atoms with Crippen molar-refractivity contribution < 1.29 is 13.2 Å². The largest absolute Gasteiger partial charge is 0.434 e. The van der Waals surface area contributed by atoms with Gasteiger partial charge in [-0.2, -0.15) is 18.4 Å². The number of nitrogens with zero attached hydrogens (tertiary/aromatic N) is 3. The molecule has 1 heterocycles. The van der Waals surface area contributed by atoms with Crippen LogP contribution in [0, 0.1) is 11.3 Å². The first-order chi connectivity index (χ1) is 11.9. The molecule has 0 aliphatic heterocycles. The number of guanidine groups is 1. The number of nitriles is 1. The minimum atomic E-state index is -4.41. The van der Waals surface area contributed by atoms with Crippen LogP contribution in [0.4, 0.5) is 13.2 Å². The van der Waals surface area contributed by atoms with Crippen LogP contribution >= 0.6 is 35.3 Å². The predicted octanol–water partition coefficient (Wildman–Crippen LogP) is 3.56. The molecule has 0 fully saturated rings. The second-order valence-corrected chi connectivity index (χ2v) is 5.98. The van der Waals surface area contributed by atoms with Gasteiger partial charge in [0.05, 0.1) is 16.6 Å². The molecule has 0 aliphatic rings. The van der Waals surface area contributed by atoms with Gasteiger partial charge in [0.15, 0.2) is 11.7 Å². The molecule has 0 amide bonds. The summed E-state index contributed by atoms with van der Waals surface area (Å²) in [5.74, 6) is 0.523. The molecule has 0 radical (unpaired) electrons. The SMILES string of the molecule is CN=C(NCCc1nc(C(F)(F)F)cs1)NCc1cccc(C#N)c1.I. The average molecular weight is 495 g/mol. The third-order valence-electron chi connectivity index (χ3n) is 3.21. The van der Waals surface area contributed by atoms with Crippen LogP contribution in [-0.2, 0) is 19.1 Å². The smallest absolute Gasteiger partial charge is 0.356 e. The van der Waals surface area contributed by atoms with Gasteiger partial charge in [0.25, 0.3) is 0 Å².